The SMILES string of the molecule is CCCCCCCCCCCCCCCCCCCCCCCCCC(=O)NCCOP(=O)(O)OCC(O)COC(C)=O. The van der Waals surface area contributed by atoms with E-state index in [4.69, 9.17) is 4.52 Å². The second kappa shape index (κ2) is 31.0. The van der Waals surface area contributed by atoms with Gasteiger partial charge < -0.3 is 20.1 Å². The summed E-state index contributed by atoms with van der Waals surface area (Å²) < 4.78 is 25.8. The molecule has 43 heavy (non-hydrogen) atoms. The first-order valence-electron chi connectivity index (χ1n) is 17.5. The smallest absolute Gasteiger partial charge is 0.463 e. The predicted molar refractivity (Wildman–Crippen MR) is 174 cm³/mol. The van der Waals surface area contributed by atoms with Crippen molar-refractivity contribution in [3.8, 4) is 0 Å². The molecule has 0 aromatic heterocycles. The Morgan fingerprint density at radius 1 is 0.651 bits per heavy atom. The zero-order chi connectivity index (χ0) is 31.9. The molecule has 3 N–H and O–H groups in total. The highest BCUT2D eigenvalue weighted by atomic mass is 31.2. The molecule has 2 unspecified atom stereocenters. The average molecular weight is 636 g/mol. The Balaban J connectivity index is 3.35. The summed E-state index contributed by atoms with van der Waals surface area (Å²) in [5.74, 6) is -0.688. The third-order valence-electron chi connectivity index (χ3n) is 7.60. The molecule has 0 aromatic rings. The Labute approximate surface area is 263 Å². The van der Waals surface area contributed by atoms with Crippen molar-refractivity contribution in [2.75, 3.05) is 26.4 Å². The number of aliphatic hydroxyl groups is 1. The van der Waals surface area contributed by atoms with Crippen LogP contribution in [0.5, 0.6) is 0 Å². The molecule has 0 heterocycles. The van der Waals surface area contributed by atoms with Gasteiger partial charge in [-0.1, -0.05) is 148 Å². The first kappa shape index (κ1) is 42.0. The van der Waals surface area contributed by atoms with E-state index in [1.54, 1.807) is 0 Å². The molecule has 0 fully saturated rings. The molecule has 9 nitrogen and oxygen atoms in total. The highest BCUT2D eigenvalue weighted by Gasteiger charge is 2.23. The van der Waals surface area contributed by atoms with Crippen LogP contribution in [0.25, 0.3) is 0 Å². The minimum absolute atomic E-state index is 0.0854. The lowest BCUT2D eigenvalue weighted by atomic mass is 10.0. The van der Waals surface area contributed by atoms with Crippen LogP contribution in [-0.4, -0.2) is 54.3 Å². The highest BCUT2D eigenvalue weighted by molar-refractivity contribution is 7.47. The van der Waals surface area contributed by atoms with Gasteiger partial charge in [0.15, 0.2) is 0 Å². The molecule has 0 saturated carbocycles. The molecule has 0 spiro atoms. The van der Waals surface area contributed by atoms with Gasteiger partial charge in [0.25, 0.3) is 0 Å². The van der Waals surface area contributed by atoms with Crippen molar-refractivity contribution in [1.29, 1.82) is 0 Å². The van der Waals surface area contributed by atoms with Gasteiger partial charge in [-0.3, -0.25) is 18.6 Å². The fraction of sp³-hybridized carbons (Fsp3) is 0.939. The van der Waals surface area contributed by atoms with Crippen molar-refractivity contribution in [2.24, 2.45) is 0 Å². The molecule has 0 aliphatic rings. The van der Waals surface area contributed by atoms with Crippen LogP contribution in [0.1, 0.15) is 168 Å². The molecular formula is C33H66NO8P. The summed E-state index contributed by atoms with van der Waals surface area (Å²) in [6.07, 6.45) is 29.9. The second-order valence-corrected chi connectivity index (χ2v) is 13.4. The molecule has 0 aliphatic heterocycles. The number of carbonyl (C=O) groups is 2. The van der Waals surface area contributed by atoms with Crippen molar-refractivity contribution < 1.29 is 37.9 Å². The Morgan fingerprint density at radius 3 is 1.44 bits per heavy atom. The zero-order valence-corrected chi connectivity index (χ0v) is 28.6. The number of carbonyl (C=O) groups excluding carboxylic acids is 2. The van der Waals surface area contributed by atoms with Crippen LogP contribution in [0, 0.1) is 0 Å². The number of hydrogen-bond acceptors (Lipinski definition) is 7. The minimum Gasteiger partial charge on any atom is -0.463 e. The number of amides is 1. The lowest BCUT2D eigenvalue weighted by Gasteiger charge is -2.15. The molecule has 1 amide bonds. The van der Waals surface area contributed by atoms with Crippen molar-refractivity contribution in [3.63, 3.8) is 0 Å². The van der Waals surface area contributed by atoms with Crippen LogP contribution in [0.15, 0.2) is 0 Å². The van der Waals surface area contributed by atoms with Crippen molar-refractivity contribution in [3.05, 3.63) is 0 Å². The van der Waals surface area contributed by atoms with E-state index in [1.807, 2.05) is 0 Å². The highest BCUT2D eigenvalue weighted by Crippen LogP contribution is 2.42. The van der Waals surface area contributed by atoms with Crippen LogP contribution >= 0.6 is 7.82 Å². The average Bonchev–Trinajstić information content (AvgIpc) is 2.97. The van der Waals surface area contributed by atoms with Crippen LogP contribution in [0.4, 0.5) is 0 Å². The van der Waals surface area contributed by atoms with E-state index in [9.17, 15) is 24.2 Å². The molecule has 10 heteroatoms. The van der Waals surface area contributed by atoms with E-state index in [2.05, 4.69) is 21.5 Å². The minimum atomic E-state index is -4.37. The quantitative estimate of drug-likeness (QED) is 0.0371. The summed E-state index contributed by atoms with van der Waals surface area (Å²) in [5.41, 5.74) is 0. The predicted octanol–water partition coefficient (Wildman–Crippen LogP) is 8.54. The van der Waals surface area contributed by atoms with E-state index >= 15 is 0 Å². The molecule has 0 aromatic carbocycles. The second-order valence-electron chi connectivity index (χ2n) is 11.9. The van der Waals surface area contributed by atoms with Gasteiger partial charge in [-0.25, -0.2) is 4.57 Å². The number of ether oxygens (including phenoxy) is 1. The van der Waals surface area contributed by atoms with Crippen LogP contribution in [0.3, 0.4) is 0 Å². The molecule has 2 atom stereocenters. The van der Waals surface area contributed by atoms with E-state index in [0.29, 0.717) is 6.42 Å². The number of nitrogens with one attached hydrogen (secondary N) is 1. The fourth-order valence-corrected chi connectivity index (χ4v) is 5.75. The molecule has 0 bridgehead atoms. The zero-order valence-electron chi connectivity index (χ0n) is 27.7. The third kappa shape index (κ3) is 33.7. The number of aliphatic hydroxyl groups excluding tert-OH is 1. The van der Waals surface area contributed by atoms with Gasteiger partial charge in [-0.05, 0) is 6.42 Å². The molecule has 0 saturated heterocycles. The van der Waals surface area contributed by atoms with Crippen molar-refractivity contribution in [1.82, 2.24) is 5.32 Å². The molecule has 0 radical (unpaired) electrons. The van der Waals surface area contributed by atoms with Gasteiger partial charge in [0.2, 0.25) is 5.91 Å². The summed E-state index contributed by atoms with van der Waals surface area (Å²) in [5, 5.41) is 12.2. The summed E-state index contributed by atoms with van der Waals surface area (Å²) in [6.45, 7) is 2.49. The Kier molecular flexibility index (Phi) is 30.3. The summed E-state index contributed by atoms with van der Waals surface area (Å²) in [6, 6.07) is 0. The standard InChI is InChI=1S/C33H66NO8P/c1-3-4-5-6-7-8-9-10-11-12-13-14-15-16-17-18-19-20-21-22-23-24-25-26-33(37)34-27-28-41-43(38,39)42-30-32(36)29-40-31(2)35/h32,36H,3-30H2,1-2H3,(H,34,37)(H,38,39). The van der Waals surface area contributed by atoms with Crippen LogP contribution in [0.2, 0.25) is 0 Å². The number of phosphoric acid groups is 1. The lowest BCUT2D eigenvalue weighted by molar-refractivity contribution is -0.144. The Bertz CT molecular complexity index is 694. The Morgan fingerprint density at radius 2 is 1.05 bits per heavy atom. The van der Waals surface area contributed by atoms with Gasteiger partial charge >= 0.3 is 13.8 Å². The Hall–Kier alpha value is -0.990. The van der Waals surface area contributed by atoms with E-state index in [1.165, 1.54) is 135 Å². The molecular weight excluding hydrogens is 569 g/mol. The maximum atomic E-state index is 11.9. The van der Waals surface area contributed by atoms with Gasteiger partial charge in [-0.2, -0.15) is 0 Å². The van der Waals surface area contributed by atoms with E-state index < -0.39 is 26.5 Å². The summed E-state index contributed by atoms with van der Waals surface area (Å²) in [4.78, 5) is 32.2. The van der Waals surface area contributed by atoms with Gasteiger partial charge in [0.1, 0.15) is 12.7 Å². The number of phosphoric ester groups is 1. The lowest BCUT2D eigenvalue weighted by Crippen LogP contribution is -2.27. The summed E-state index contributed by atoms with van der Waals surface area (Å²) >= 11 is 0. The molecule has 256 valence electrons. The third-order valence-corrected chi connectivity index (χ3v) is 8.58. The normalized spacial score (nSPS) is 13.5. The van der Waals surface area contributed by atoms with Crippen LogP contribution < -0.4 is 5.32 Å². The monoisotopic (exact) mass is 635 g/mol. The van der Waals surface area contributed by atoms with Gasteiger partial charge in [0.05, 0.1) is 13.2 Å². The topological polar surface area (TPSA) is 131 Å². The molecule has 0 rings (SSSR count). The number of rotatable bonds is 33. The molecule has 0 aliphatic carbocycles. The largest absolute Gasteiger partial charge is 0.472 e. The van der Waals surface area contributed by atoms with E-state index in [0.717, 1.165) is 19.3 Å². The van der Waals surface area contributed by atoms with Gasteiger partial charge in [0, 0.05) is 19.9 Å². The summed E-state index contributed by atoms with van der Waals surface area (Å²) in [7, 11) is -4.37. The first-order valence-corrected chi connectivity index (χ1v) is 19.0. The van der Waals surface area contributed by atoms with E-state index in [-0.39, 0.29) is 25.7 Å². The van der Waals surface area contributed by atoms with Crippen LogP contribution in [-0.2, 0) is 27.9 Å². The maximum Gasteiger partial charge on any atom is 0.472 e. The van der Waals surface area contributed by atoms with Gasteiger partial charge in [-0.15, -0.1) is 0 Å². The van der Waals surface area contributed by atoms with Crippen molar-refractivity contribution >= 4 is 19.7 Å². The van der Waals surface area contributed by atoms with Crippen molar-refractivity contribution in [2.45, 2.75) is 174 Å². The fourth-order valence-electron chi connectivity index (χ4n) is 4.99. The number of unbranched alkanes of at least 4 members (excludes halogenated alkanes) is 22. The number of hydrogen-bond donors (Lipinski definition) is 3. The number of esters is 1. The maximum absolute atomic E-state index is 11.9. The first-order chi connectivity index (χ1) is 20.8.